The third-order valence-electron chi connectivity index (χ3n) is 5.89. The molecule has 0 bridgehead atoms. The molecule has 7 heteroatoms. The number of benzene rings is 2. The molecule has 2 aromatic heterocycles. The predicted molar refractivity (Wildman–Crippen MR) is 114 cm³/mol. The fraction of sp³-hybridized carbons (Fsp3) is 0.318. The van der Waals surface area contributed by atoms with Crippen molar-refractivity contribution in [2.24, 2.45) is 7.05 Å². The number of fused-ring (bicyclic) bond motifs is 3. The second-order valence-electron chi connectivity index (χ2n) is 7.68. The van der Waals surface area contributed by atoms with Crippen LogP contribution in [-0.4, -0.2) is 50.2 Å². The van der Waals surface area contributed by atoms with Crippen molar-refractivity contribution in [3.05, 3.63) is 70.3 Å². The van der Waals surface area contributed by atoms with Crippen LogP contribution < -0.4 is 10.5 Å². The van der Waals surface area contributed by atoms with Crippen molar-refractivity contribution in [1.82, 2.24) is 24.1 Å². The van der Waals surface area contributed by atoms with E-state index in [-0.39, 0.29) is 5.56 Å². The van der Waals surface area contributed by atoms with Gasteiger partial charge in [-0.3, -0.25) is 18.7 Å². The Kier molecular flexibility index (Phi) is 4.32. The summed E-state index contributed by atoms with van der Waals surface area (Å²) >= 11 is 0. The van der Waals surface area contributed by atoms with Crippen LogP contribution in [0.15, 0.2) is 53.3 Å². The summed E-state index contributed by atoms with van der Waals surface area (Å²) in [5.74, 6) is 1.46. The van der Waals surface area contributed by atoms with Crippen LogP contribution in [-0.2, 0) is 13.6 Å². The summed E-state index contributed by atoms with van der Waals surface area (Å²) in [6.07, 6.45) is 0. The van der Waals surface area contributed by atoms with Gasteiger partial charge in [0.1, 0.15) is 0 Å². The average Bonchev–Trinajstić information content (AvgIpc) is 3.17. The van der Waals surface area contributed by atoms with Gasteiger partial charge in [0.05, 0.1) is 17.4 Å². The Morgan fingerprint density at radius 3 is 2.45 bits per heavy atom. The summed E-state index contributed by atoms with van der Waals surface area (Å²) in [5.41, 5.74) is 3.46. The fourth-order valence-electron chi connectivity index (χ4n) is 4.26. The third-order valence-corrected chi connectivity index (χ3v) is 5.89. The molecule has 1 fully saturated rings. The Balaban J connectivity index is 1.42. The molecule has 148 valence electrons. The van der Waals surface area contributed by atoms with Gasteiger partial charge in [0.2, 0.25) is 5.78 Å². The first-order valence-electron chi connectivity index (χ1n) is 9.98. The van der Waals surface area contributed by atoms with Crippen LogP contribution in [0.5, 0.6) is 0 Å². The van der Waals surface area contributed by atoms with Gasteiger partial charge < -0.3 is 4.90 Å². The zero-order valence-electron chi connectivity index (χ0n) is 16.7. The Morgan fingerprint density at radius 1 is 0.931 bits per heavy atom. The standard InChI is InChI=1S/C22H24N6O/c1-16-7-3-5-9-18(16)27-13-11-26(12-14-27)15-20-23-24-22-25(2)21(29)17-8-4-6-10-19(17)28(20)22/h3-10H,11-15H2,1-2H3. The molecule has 5 rings (SSSR count). The average molecular weight is 388 g/mol. The summed E-state index contributed by atoms with van der Waals surface area (Å²) in [6, 6.07) is 16.2. The Bertz CT molecular complexity index is 1250. The lowest BCUT2D eigenvalue weighted by atomic mass is 10.1. The third kappa shape index (κ3) is 2.98. The van der Waals surface area contributed by atoms with E-state index in [9.17, 15) is 4.79 Å². The van der Waals surface area contributed by atoms with E-state index in [0.29, 0.717) is 17.7 Å². The van der Waals surface area contributed by atoms with Crippen molar-refractivity contribution in [2.75, 3.05) is 31.1 Å². The van der Waals surface area contributed by atoms with Crippen molar-refractivity contribution in [1.29, 1.82) is 0 Å². The minimum absolute atomic E-state index is 0.0427. The highest BCUT2D eigenvalue weighted by Crippen LogP contribution is 2.21. The van der Waals surface area contributed by atoms with E-state index in [4.69, 9.17) is 0 Å². The zero-order valence-corrected chi connectivity index (χ0v) is 16.7. The van der Waals surface area contributed by atoms with E-state index in [2.05, 4.69) is 51.2 Å². The van der Waals surface area contributed by atoms with Gasteiger partial charge in [0.25, 0.3) is 5.56 Å². The molecular formula is C22H24N6O. The molecule has 7 nitrogen and oxygen atoms in total. The molecule has 2 aromatic carbocycles. The molecule has 0 radical (unpaired) electrons. The van der Waals surface area contributed by atoms with Gasteiger partial charge in [0, 0.05) is 38.9 Å². The van der Waals surface area contributed by atoms with E-state index in [1.54, 1.807) is 11.6 Å². The molecule has 1 aliphatic rings. The molecule has 0 atom stereocenters. The van der Waals surface area contributed by atoms with E-state index < -0.39 is 0 Å². The van der Waals surface area contributed by atoms with E-state index >= 15 is 0 Å². The molecule has 0 N–H and O–H groups in total. The van der Waals surface area contributed by atoms with Crippen LogP contribution in [0.2, 0.25) is 0 Å². The smallest absolute Gasteiger partial charge is 0.262 e. The first kappa shape index (κ1) is 17.9. The number of anilines is 1. The van der Waals surface area contributed by atoms with Crippen molar-refractivity contribution in [3.8, 4) is 0 Å². The minimum atomic E-state index is -0.0427. The monoisotopic (exact) mass is 388 g/mol. The van der Waals surface area contributed by atoms with Gasteiger partial charge in [0.15, 0.2) is 5.82 Å². The highest BCUT2D eigenvalue weighted by Gasteiger charge is 2.21. The largest absolute Gasteiger partial charge is 0.369 e. The van der Waals surface area contributed by atoms with Crippen LogP contribution in [0.4, 0.5) is 5.69 Å². The van der Waals surface area contributed by atoms with E-state index in [1.807, 2.05) is 28.7 Å². The van der Waals surface area contributed by atoms with Crippen molar-refractivity contribution < 1.29 is 0 Å². The second kappa shape index (κ2) is 7.00. The second-order valence-corrected chi connectivity index (χ2v) is 7.68. The molecule has 4 aromatic rings. The summed E-state index contributed by atoms with van der Waals surface area (Å²) in [6.45, 7) is 6.78. The Morgan fingerprint density at radius 2 is 1.66 bits per heavy atom. The van der Waals surface area contributed by atoms with Gasteiger partial charge in [-0.05, 0) is 30.7 Å². The Labute approximate surface area is 168 Å². The topological polar surface area (TPSA) is 58.7 Å². The maximum absolute atomic E-state index is 12.6. The van der Waals surface area contributed by atoms with E-state index in [0.717, 1.165) is 37.5 Å². The predicted octanol–water partition coefficient (Wildman–Crippen LogP) is 2.21. The zero-order chi connectivity index (χ0) is 20.0. The fourth-order valence-corrected chi connectivity index (χ4v) is 4.26. The highest BCUT2D eigenvalue weighted by molar-refractivity contribution is 5.80. The quantitative estimate of drug-likeness (QED) is 0.539. The normalized spacial score (nSPS) is 15.4. The molecule has 3 heterocycles. The van der Waals surface area contributed by atoms with Gasteiger partial charge in [-0.2, -0.15) is 0 Å². The lowest BCUT2D eigenvalue weighted by molar-refractivity contribution is 0.243. The van der Waals surface area contributed by atoms with Crippen LogP contribution in [0, 0.1) is 6.92 Å². The summed E-state index contributed by atoms with van der Waals surface area (Å²) < 4.78 is 3.60. The number of hydrogen-bond donors (Lipinski definition) is 0. The van der Waals surface area contributed by atoms with Crippen molar-refractivity contribution >= 4 is 22.4 Å². The first-order chi connectivity index (χ1) is 14.1. The van der Waals surface area contributed by atoms with Crippen molar-refractivity contribution in [2.45, 2.75) is 13.5 Å². The SMILES string of the molecule is Cc1ccccc1N1CCN(Cc2nnc3n(C)c(=O)c4ccccc4n23)CC1. The van der Waals surface area contributed by atoms with Crippen molar-refractivity contribution in [3.63, 3.8) is 0 Å². The number of rotatable bonds is 3. The number of aromatic nitrogens is 4. The molecule has 0 spiro atoms. The van der Waals surface area contributed by atoms with Crippen LogP contribution in [0.3, 0.4) is 0 Å². The molecule has 0 saturated carbocycles. The molecule has 0 aliphatic carbocycles. The van der Waals surface area contributed by atoms with Gasteiger partial charge in [-0.15, -0.1) is 10.2 Å². The molecule has 0 unspecified atom stereocenters. The van der Waals surface area contributed by atoms with Gasteiger partial charge >= 0.3 is 0 Å². The van der Waals surface area contributed by atoms with Gasteiger partial charge in [-0.1, -0.05) is 30.3 Å². The maximum atomic E-state index is 12.6. The maximum Gasteiger partial charge on any atom is 0.262 e. The summed E-state index contributed by atoms with van der Waals surface area (Å²) in [4.78, 5) is 17.5. The molecule has 29 heavy (non-hydrogen) atoms. The van der Waals surface area contributed by atoms with Crippen LogP contribution >= 0.6 is 0 Å². The molecular weight excluding hydrogens is 364 g/mol. The minimum Gasteiger partial charge on any atom is -0.369 e. The summed E-state index contributed by atoms with van der Waals surface area (Å²) in [5, 5.41) is 9.43. The molecule has 0 amide bonds. The molecule has 1 aliphatic heterocycles. The van der Waals surface area contributed by atoms with Crippen LogP contribution in [0.25, 0.3) is 16.7 Å². The van der Waals surface area contributed by atoms with E-state index in [1.165, 1.54) is 11.3 Å². The number of nitrogens with zero attached hydrogens (tertiary/aromatic N) is 6. The van der Waals surface area contributed by atoms with Gasteiger partial charge in [-0.25, -0.2) is 0 Å². The number of hydrogen-bond acceptors (Lipinski definition) is 5. The first-order valence-corrected chi connectivity index (χ1v) is 9.98. The Hall–Kier alpha value is -3.19. The number of para-hydroxylation sites is 2. The number of aryl methyl sites for hydroxylation is 2. The molecule has 1 saturated heterocycles. The number of piperazine rings is 1. The summed E-state index contributed by atoms with van der Waals surface area (Å²) in [7, 11) is 1.75. The lowest BCUT2D eigenvalue weighted by Gasteiger charge is -2.36. The highest BCUT2D eigenvalue weighted by atomic mass is 16.1. The lowest BCUT2D eigenvalue weighted by Crippen LogP contribution is -2.46. The van der Waals surface area contributed by atoms with Crippen LogP contribution in [0.1, 0.15) is 11.4 Å².